The molecule has 3 heterocycles. The fourth-order valence-corrected chi connectivity index (χ4v) is 5.99. The topological polar surface area (TPSA) is 66.9 Å². The maximum atomic E-state index is 12.7. The molecule has 2 aliphatic heterocycles. The van der Waals surface area contributed by atoms with Crippen molar-refractivity contribution in [3.8, 4) is 0 Å². The summed E-state index contributed by atoms with van der Waals surface area (Å²) in [5.41, 5.74) is 0. The van der Waals surface area contributed by atoms with E-state index >= 15 is 0 Å². The van der Waals surface area contributed by atoms with Gasteiger partial charge in [-0.05, 0) is 54.2 Å². The molecule has 1 aromatic heterocycles. The Balaban J connectivity index is 1.41. The summed E-state index contributed by atoms with van der Waals surface area (Å²) in [6, 6.07) is 11.5. The molecule has 0 unspecified atom stereocenters. The number of carbonyl (C=O) groups excluding carboxylic acids is 3. The molecule has 0 bridgehead atoms. The van der Waals surface area contributed by atoms with Crippen LogP contribution in [0.1, 0.15) is 4.88 Å². The number of benzene rings is 1. The zero-order valence-corrected chi connectivity index (χ0v) is 18.9. The zero-order chi connectivity index (χ0) is 21.1. The van der Waals surface area contributed by atoms with Crippen molar-refractivity contribution in [1.29, 1.82) is 0 Å². The highest BCUT2D eigenvalue weighted by atomic mass is 35.5. The van der Waals surface area contributed by atoms with E-state index in [0.29, 0.717) is 36.2 Å². The highest BCUT2D eigenvalue weighted by Crippen LogP contribution is 2.37. The summed E-state index contributed by atoms with van der Waals surface area (Å²) in [5, 5.41) is 0.272. The molecule has 3 amide bonds. The van der Waals surface area contributed by atoms with E-state index in [4.69, 9.17) is 16.3 Å². The summed E-state index contributed by atoms with van der Waals surface area (Å²) in [6.07, 6.45) is 1.71. The Morgan fingerprint density at radius 1 is 1.13 bits per heavy atom. The van der Waals surface area contributed by atoms with Gasteiger partial charge >= 0.3 is 0 Å². The molecule has 10 heteroatoms. The first-order valence-electron chi connectivity index (χ1n) is 9.14. The molecule has 1 aromatic carbocycles. The Morgan fingerprint density at radius 3 is 2.60 bits per heavy atom. The van der Waals surface area contributed by atoms with Crippen LogP contribution in [0.2, 0.25) is 5.02 Å². The van der Waals surface area contributed by atoms with Crippen LogP contribution in [-0.4, -0.2) is 59.7 Å². The summed E-state index contributed by atoms with van der Waals surface area (Å²) >= 11 is 9.92. The molecule has 0 spiro atoms. The standard InChI is InChI=1S/C20H17ClN2O4S3/c21-13-1-3-14(4-2-13)28-18-6-5-15(29-18)11-16-19(25)23(20(26)30-16)12-17(24)22-7-9-27-10-8-22/h1-6,11H,7-10,12H2/b16-11+. The normalized spacial score (nSPS) is 18.5. The molecule has 30 heavy (non-hydrogen) atoms. The lowest BCUT2D eigenvalue weighted by Crippen LogP contribution is -2.46. The molecular weight excluding hydrogens is 464 g/mol. The van der Waals surface area contributed by atoms with Crippen LogP contribution in [0, 0.1) is 0 Å². The number of imide groups is 1. The smallest absolute Gasteiger partial charge is 0.294 e. The van der Waals surface area contributed by atoms with E-state index in [0.717, 1.165) is 30.6 Å². The van der Waals surface area contributed by atoms with Gasteiger partial charge in [0.15, 0.2) is 0 Å². The van der Waals surface area contributed by atoms with Gasteiger partial charge in [0.05, 0.1) is 22.3 Å². The fraction of sp³-hybridized carbons (Fsp3) is 0.250. The van der Waals surface area contributed by atoms with E-state index in [-0.39, 0.29) is 12.5 Å². The van der Waals surface area contributed by atoms with Crippen LogP contribution in [0.25, 0.3) is 6.08 Å². The van der Waals surface area contributed by atoms with Crippen LogP contribution in [0.4, 0.5) is 4.79 Å². The lowest BCUT2D eigenvalue weighted by molar-refractivity contribution is -0.139. The summed E-state index contributed by atoms with van der Waals surface area (Å²) in [4.78, 5) is 42.3. The maximum Gasteiger partial charge on any atom is 0.294 e. The van der Waals surface area contributed by atoms with E-state index in [1.54, 1.807) is 22.7 Å². The second-order valence-corrected chi connectivity index (χ2v) is 10.4. The average Bonchev–Trinajstić information content (AvgIpc) is 3.29. The van der Waals surface area contributed by atoms with Crippen molar-refractivity contribution in [1.82, 2.24) is 9.80 Å². The molecule has 2 aromatic rings. The van der Waals surface area contributed by atoms with Gasteiger partial charge in [-0.25, -0.2) is 0 Å². The third-order valence-corrected chi connectivity index (χ3v) is 7.77. The molecular formula is C20H17ClN2O4S3. The minimum absolute atomic E-state index is 0.232. The van der Waals surface area contributed by atoms with Crippen molar-refractivity contribution in [2.75, 3.05) is 32.8 Å². The van der Waals surface area contributed by atoms with Crippen LogP contribution in [-0.2, 0) is 14.3 Å². The van der Waals surface area contributed by atoms with Crippen LogP contribution >= 0.6 is 46.5 Å². The molecule has 0 N–H and O–H groups in total. The number of hydrogen-bond acceptors (Lipinski definition) is 7. The van der Waals surface area contributed by atoms with Gasteiger partial charge in [-0.1, -0.05) is 23.4 Å². The number of hydrogen-bond donors (Lipinski definition) is 0. The number of amides is 3. The van der Waals surface area contributed by atoms with Gasteiger partial charge < -0.3 is 9.64 Å². The van der Waals surface area contributed by atoms with Crippen molar-refractivity contribution in [2.45, 2.75) is 9.10 Å². The van der Waals surface area contributed by atoms with Crippen molar-refractivity contribution >= 4 is 69.6 Å². The molecule has 2 aliphatic rings. The van der Waals surface area contributed by atoms with Crippen LogP contribution in [0.3, 0.4) is 0 Å². The Hall–Kier alpha value is -1.78. The van der Waals surface area contributed by atoms with Crippen molar-refractivity contribution < 1.29 is 19.1 Å². The largest absolute Gasteiger partial charge is 0.378 e. The number of nitrogens with zero attached hydrogens (tertiary/aromatic N) is 2. The van der Waals surface area contributed by atoms with Gasteiger partial charge in [-0.2, -0.15) is 0 Å². The van der Waals surface area contributed by atoms with Crippen LogP contribution < -0.4 is 0 Å². The average molecular weight is 481 g/mol. The number of halogens is 1. The zero-order valence-electron chi connectivity index (χ0n) is 15.7. The molecule has 2 fully saturated rings. The van der Waals surface area contributed by atoms with Gasteiger partial charge in [0.1, 0.15) is 6.54 Å². The van der Waals surface area contributed by atoms with Crippen molar-refractivity contribution in [3.05, 3.63) is 51.2 Å². The van der Waals surface area contributed by atoms with E-state index in [1.807, 2.05) is 36.4 Å². The van der Waals surface area contributed by atoms with Gasteiger partial charge in [-0.15, -0.1) is 11.3 Å². The monoisotopic (exact) mass is 480 g/mol. The number of morpholine rings is 1. The number of ether oxygens (including phenoxy) is 1. The third-order valence-electron chi connectivity index (χ3n) is 4.44. The van der Waals surface area contributed by atoms with Crippen LogP contribution in [0.5, 0.6) is 0 Å². The highest BCUT2D eigenvalue weighted by molar-refractivity contribution is 8.18. The quantitative estimate of drug-likeness (QED) is 0.589. The van der Waals surface area contributed by atoms with E-state index < -0.39 is 11.1 Å². The first-order valence-corrected chi connectivity index (χ1v) is 12.0. The number of carbonyl (C=O) groups is 3. The predicted molar refractivity (Wildman–Crippen MR) is 120 cm³/mol. The van der Waals surface area contributed by atoms with E-state index in [9.17, 15) is 14.4 Å². The second kappa shape index (κ2) is 9.57. The minimum atomic E-state index is -0.424. The molecule has 6 nitrogen and oxygen atoms in total. The number of thioether (sulfide) groups is 1. The molecule has 0 radical (unpaired) electrons. The molecule has 0 saturated carbocycles. The molecule has 0 atom stereocenters. The lowest BCUT2D eigenvalue weighted by Gasteiger charge is -2.27. The Kier molecular flexibility index (Phi) is 6.84. The summed E-state index contributed by atoms with van der Waals surface area (Å²) in [7, 11) is 0. The summed E-state index contributed by atoms with van der Waals surface area (Å²) in [6.45, 7) is 1.68. The molecule has 4 rings (SSSR count). The lowest BCUT2D eigenvalue weighted by atomic mass is 10.3. The molecule has 156 valence electrons. The number of thiophene rings is 1. The van der Waals surface area contributed by atoms with Crippen molar-refractivity contribution in [2.24, 2.45) is 0 Å². The maximum absolute atomic E-state index is 12.7. The van der Waals surface area contributed by atoms with E-state index in [2.05, 4.69) is 0 Å². The summed E-state index contributed by atoms with van der Waals surface area (Å²) in [5.74, 6) is -0.661. The van der Waals surface area contributed by atoms with Gasteiger partial charge in [0, 0.05) is 27.9 Å². The first kappa shape index (κ1) is 21.5. The SMILES string of the molecule is O=C(CN1C(=O)S/C(=C/c2ccc(Sc3ccc(Cl)cc3)s2)C1=O)N1CCOCC1. The minimum Gasteiger partial charge on any atom is -0.378 e. The first-order chi connectivity index (χ1) is 14.5. The van der Waals surface area contributed by atoms with Gasteiger partial charge in [0.25, 0.3) is 11.1 Å². The number of rotatable bonds is 5. The molecule has 0 aliphatic carbocycles. The Morgan fingerprint density at radius 2 is 1.87 bits per heavy atom. The Bertz CT molecular complexity index is 1000. The third kappa shape index (κ3) is 5.09. The Labute approximate surface area is 191 Å². The highest BCUT2D eigenvalue weighted by Gasteiger charge is 2.37. The van der Waals surface area contributed by atoms with Crippen molar-refractivity contribution in [3.63, 3.8) is 0 Å². The fourth-order valence-electron chi connectivity index (χ4n) is 2.90. The van der Waals surface area contributed by atoms with Gasteiger partial charge in [0.2, 0.25) is 5.91 Å². The second-order valence-electron chi connectivity index (χ2n) is 6.47. The predicted octanol–water partition coefficient (Wildman–Crippen LogP) is 4.45. The van der Waals surface area contributed by atoms with E-state index in [1.165, 1.54) is 11.3 Å². The van der Waals surface area contributed by atoms with Gasteiger partial charge in [-0.3, -0.25) is 19.3 Å². The molecule has 2 saturated heterocycles. The summed E-state index contributed by atoms with van der Waals surface area (Å²) < 4.78 is 6.29. The van der Waals surface area contributed by atoms with Crippen LogP contribution in [0.15, 0.2) is 50.4 Å².